The third-order valence-electron chi connectivity index (χ3n) is 17.5. The zero-order valence-corrected chi connectivity index (χ0v) is 41.9. The zero-order valence-electron chi connectivity index (χ0n) is 41.9. The first-order valence-electron chi connectivity index (χ1n) is 25.8. The molecule has 3 saturated carbocycles. The second-order valence-corrected chi connectivity index (χ2v) is 21.9. The van der Waals surface area contributed by atoms with Gasteiger partial charge in [0.25, 0.3) is 5.91 Å². The van der Waals surface area contributed by atoms with Crippen molar-refractivity contribution in [3.63, 3.8) is 0 Å². The smallest absolute Gasteiger partial charge is 0.407 e. The average molecular weight is 980 g/mol. The molecule has 3 aromatic rings. The largest absolute Gasteiger partial charge is 0.480 e. The molecule has 19 heteroatoms. The summed E-state index contributed by atoms with van der Waals surface area (Å²) in [6.45, 7) is 12.5. The number of aliphatic carboxylic acids is 1. The van der Waals surface area contributed by atoms with E-state index in [-0.39, 0.29) is 58.8 Å². The van der Waals surface area contributed by atoms with Crippen LogP contribution >= 0.6 is 0 Å². The topological polar surface area (TPSA) is 271 Å². The van der Waals surface area contributed by atoms with E-state index in [4.69, 9.17) is 25.7 Å². The number of rotatable bonds is 16. The third kappa shape index (κ3) is 10.2. The number of fused-ring (bicyclic) bond motifs is 8. The van der Waals surface area contributed by atoms with Crippen molar-refractivity contribution >= 4 is 52.5 Å². The third-order valence-corrected chi connectivity index (χ3v) is 17.5. The highest BCUT2D eigenvalue weighted by Crippen LogP contribution is 2.70. The van der Waals surface area contributed by atoms with Gasteiger partial charge in [-0.25, -0.2) is 19.6 Å². The summed E-state index contributed by atoms with van der Waals surface area (Å²) in [6.07, 6.45) is 13.3. The van der Waals surface area contributed by atoms with Crippen molar-refractivity contribution in [2.24, 2.45) is 46.3 Å². The minimum Gasteiger partial charge on any atom is -0.480 e. The fraction of sp³-hybridized carbons (Fsp3) is 0.654. The number of alkyl carbamates (subject to hydrolysis) is 1. The molecule has 9 N–H and O–H groups in total. The number of carbonyl (C=O) groups excluding carboxylic acids is 3. The van der Waals surface area contributed by atoms with Crippen LogP contribution in [0.4, 0.5) is 22.2 Å². The summed E-state index contributed by atoms with van der Waals surface area (Å²) < 4.78 is 19.5. The van der Waals surface area contributed by atoms with Crippen molar-refractivity contribution in [3.8, 4) is 0 Å². The Morgan fingerprint density at radius 3 is 2.48 bits per heavy atom. The van der Waals surface area contributed by atoms with Crippen LogP contribution in [0.25, 0.3) is 11.2 Å². The van der Waals surface area contributed by atoms with E-state index in [1.165, 1.54) is 24.8 Å². The summed E-state index contributed by atoms with van der Waals surface area (Å²) in [6, 6.07) is 5.38. The van der Waals surface area contributed by atoms with Crippen molar-refractivity contribution in [1.29, 1.82) is 0 Å². The van der Waals surface area contributed by atoms with E-state index in [1.54, 1.807) is 30.5 Å². The van der Waals surface area contributed by atoms with Crippen LogP contribution in [0.5, 0.6) is 0 Å². The van der Waals surface area contributed by atoms with Gasteiger partial charge in [0.05, 0.1) is 31.1 Å². The summed E-state index contributed by atoms with van der Waals surface area (Å²) in [5, 5.41) is 21.2. The highest BCUT2D eigenvalue weighted by Gasteiger charge is 2.68. The molecule has 2 saturated heterocycles. The Morgan fingerprint density at radius 2 is 1.73 bits per heavy atom. The number of benzene rings is 1. The number of carbonyl (C=O) groups is 4. The molecule has 9 rings (SSSR count). The van der Waals surface area contributed by atoms with E-state index < -0.39 is 24.0 Å². The zero-order chi connectivity index (χ0) is 50.2. The van der Waals surface area contributed by atoms with Gasteiger partial charge in [-0.3, -0.25) is 9.59 Å². The van der Waals surface area contributed by atoms with E-state index in [9.17, 15) is 24.3 Å². The molecular weight excluding hydrogens is 907 g/mol. The van der Waals surface area contributed by atoms with Gasteiger partial charge in [-0.1, -0.05) is 39.3 Å². The molecular formula is C52H73N11O8. The molecule has 4 heterocycles. The lowest BCUT2D eigenvalue weighted by Crippen LogP contribution is -2.52. The first-order valence-corrected chi connectivity index (χ1v) is 25.8. The number of anilines is 3. The highest BCUT2D eigenvalue weighted by molar-refractivity contribution is 5.97. The molecule has 1 aromatic carbocycles. The van der Waals surface area contributed by atoms with Gasteiger partial charge in [-0.05, 0) is 116 Å². The molecule has 0 unspecified atom stereocenters. The van der Waals surface area contributed by atoms with E-state index in [0.29, 0.717) is 91.2 Å². The van der Waals surface area contributed by atoms with Crippen LogP contribution in [-0.2, 0) is 30.3 Å². The number of carboxylic acid groups (broad SMARTS) is 1. The number of nitrogens with one attached hydrogen (secondary N) is 4. The number of nitrogens with zero attached hydrogens (tertiary/aromatic N) is 5. The maximum absolute atomic E-state index is 13.0. The fourth-order valence-electron chi connectivity index (χ4n) is 13.7. The summed E-state index contributed by atoms with van der Waals surface area (Å²) in [7, 11) is 1.84. The highest BCUT2D eigenvalue weighted by atomic mass is 16.7. The molecule has 5 fully saturated rings. The number of nitrogens with two attached hydrogens (primary N) is 2. The summed E-state index contributed by atoms with van der Waals surface area (Å²) in [5.74, 6) is 1.15. The number of hydrogen-bond acceptors (Lipinski definition) is 15. The molecule has 2 aromatic heterocycles. The Labute approximate surface area is 415 Å². The van der Waals surface area contributed by atoms with Crippen LogP contribution in [0.1, 0.15) is 114 Å². The standard InChI is InChI=1S/C52H73N11O8/c1-29-14-19-52(69-28-29)30(2)42-40(71-52)25-38-36-11-8-32-24-35(15-17-50(32,3)37(36)16-18-51(38,42)4)70-49(68)57-23-21-55-20-22-56-41(64)13-12-39(47(66)67)60-46(65)31-6-9-34(10-7-31)63(5)27-33-26-58-45-43(59-33)44(53)61-48(54)62-45/h6-10,26,29-30,35-40,42,55H,11-25,27-28H2,1-5H3,(H,56,64)(H,57,68)(H,60,65)(H,66,67)(H4,53,54,58,61,62)/t29-,30+,35+,36-,37+,38+,39+,40+,42+,50+,51+,52-/m1/s1. The number of amides is 3. The van der Waals surface area contributed by atoms with Crippen LogP contribution in [0.3, 0.4) is 0 Å². The summed E-state index contributed by atoms with van der Waals surface area (Å²) in [5.41, 5.74) is 15.8. The van der Waals surface area contributed by atoms with Gasteiger partial charge in [0, 0.05) is 69.7 Å². The second-order valence-electron chi connectivity index (χ2n) is 21.9. The summed E-state index contributed by atoms with van der Waals surface area (Å²) in [4.78, 5) is 69.2. The first kappa shape index (κ1) is 50.3. The van der Waals surface area contributed by atoms with E-state index >= 15 is 0 Å². The Bertz CT molecular complexity index is 2500. The Kier molecular flexibility index (Phi) is 14.5. The molecule has 12 atom stereocenters. The maximum Gasteiger partial charge on any atom is 0.407 e. The molecule has 1 spiro atoms. The number of aromatic nitrogens is 4. The molecule has 2 aliphatic heterocycles. The molecule has 384 valence electrons. The van der Waals surface area contributed by atoms with Gasteiger partial charge in [-0.15, -0.1) is 0 Å². The monoisotopic (exact) mass is 980 g/mol. The van der Waals surface area contributed by atoms with Gasteiger partial charge in [-0.2, -0.15) is 9.97 Å². The molecule has 6 aliphatic rings. The maximum atomic E-state index is 13.0. The molecule has 4 aliphatic carbocycles. The normalized spacial score (nSPS) is 32.1. The van der Waals surface area contributed by atoms with E-state index in [1.807, 2.05) is 11.9 Å². The van der Waals surface area contributed by atoms with Crippen molar-refractivity contribution in [2.45, 2.75) is 129 Å². The molecule has 19 nitrogen and oxygen atoms in total. The van der Waals surface area contributed by atoms with Gasteiger partial charge in [0.1, 0.15) is 12.1 Å². The Hall–Kier alpha value is -5.66. The van der Waals surface area contributed by atoms with Gasteiger partial charge in [0.15, 0.2) is 22.8 Å². The lowest BCUT2D eigenvalue weighted by atomic mass is 9.47. The van der Waals surface area contributed by atoms with Crippen LogP contribution < -0.4 is 37.6 Å². The Morgan fingerprint density at radius 1 is 0.958 bits per heavy atom. The number of hydrogen-bond donors (Lipinski definition) is 7. The molecule has 0 radical (unpaired) electrons. The molecule has 71 heavy (non-hydrogen) atoms. The second kappa shape index (κ2) is 20.5. The summed E-state index contributed by atoms with van der Waals surface area (Å²) >= 11 is 0. The average Bonchev–Trinajstić information content (AvgIpc) is 3.79. The number of allylic oxidation sites excluding steroid dienone is 1. The van der Waals surface area contributed by atoms with Crippen molar-refractivity contribution in [3.05, 3.63) is 53.4 Å². The predicted molar refractivity (Wildman–Crippen MR) is 266 cm³/mol. The van der Waals surface area contributed by atoms with Crippen LogP contribution in [-0.4, -0.2) is 113 Å². The predicted octanol–water partition coefficient (Wildman–Crippen LogP) is 5.35. The van der Waals surface area contributed by atoms with Gasteiger partial charge in [0.2, 0.25) is 11.9 Å². The lowest BCUT2D eigenvalue weighted by Gasteiger charge is -2.58. The SMILES string of the molecule is C[C@@H]1CC[C@@]2(OC1)O[C@H]1C[C@H]3[C@@H]4CC=C5C[C@@H](OC(=O)NCCNCCNC(=O)CC[C@H](NC(=O)c6ccc(N(C)Cc7cnc8nc(N)nc(N)c8n7)cc6)C(=O)O)CC[C@]5(C)[C@H]4CC[C@]3(C)[C@H]1[C@@H]2C. The van der Waals surface area contributed by atoms with E-state index in [0.717, 1.165) is 50.8 Å². The van der Waals surface area contributed by atoms with Gasteiger partial charge >= 0.3 is 12.1 Å². The fourth-order valence-corrected chi connectivity index (χ4v) is 13.7. The lowest BCUT2D eigenvalue weighted by molar-refractivity contribution is -0.272. The van der Waals surface area contributed by atoms with Crippen LogP contribution in [0.2, 0.25) is 0 Å². The Balaban J connectivity index is 0.645. The minimum atomic E-state index is -1.27. The minimum absolute atomic E-state index is 0.0129. The van der Waals surface area contributed by atoms with E-state index in [2.05, 4.69) is 75.0 Å². The van der Waals surface area contributed by atoms with Crippen molar-refractivity contribution in [2.75, 3.05) is 56.2 Å². The number of carboxylic acids is 1. The van der Waals surface area contributed by atoms with Gasteiger partial charge < -0.3 is 57.0 Å². The van der Waals surface area contributed by atoms with Crippen LogP contribution in [0.15, 0.2) is 42.1 Å². The quantitative estimate of drug-likeness (QED) is 0.0704. The number of nitrogen functional groups attached to an aromatic ring is 2. The van der Waals surface area contributed by atoms with Crippen LogP contribution in [0, 0.1) is 46.3 Å². The first-order chi connectivity index (χ1) is 34.0. The number of ether oxygens (including phenoxy) is 3. The molecule has 3 amide bonds. The van der Waals surface area contributed by atoms with Crippen molar-refractivity contribution < 1.29 is 38.5 Å². The van der Waals surface area contributed by atoms with Crippen molar-refractivity contribution in [1.82, 2.24) is 41.2 Å². The molecule has 0 bridgehead atoms.